The second-order valence-corrected chi connectivity index (χ2v) is 2.61. The molecule has 0 aliphatic carbocycles. The van der Waals surface area contributed by atoms with Gasteiger partial charge in [0.1, 0.15) is 5.76 Å². The summed E-state index contributed by atoms with van der Waals surface area (Å²) in [6.07, 6.45) is 1.26. The molecule has 0 aliphatic rings. The maximum atomic E-state index is 10.6. The maximum Gasteiger partial charge on any atom is 0.227 e. The number of halogens is 1. The molecule has 0 fully saturated rings. The number of aliphatic hydroxyl groups is 1. The summed E-state index contributed by atoms with van der Waals surface area (Å²) < 4.78 is -0.299. The van der Waals surface area contributed by atoms with Gasteiger partial charge in [0, 0.05) is 35.2 Å². The predicted octanol–water partition coefficient (Wildman–Crippen LogP) is 1.82. The van der Waals surface area contributed by atoms with Crippen molar-refractivity contribution in [3.8, 4) is 0 Å². The molecule has 3 nitrogen and oxygen atoms in total. The first kappa shape index (κ1) is 9.61. The summed E-state index contributed by atoms with van der Waals surface area (Å²) >= 11 is 1.54. The van der Waals surface area contributed by atoms with E-state index in [2.05, 4.69) is 0 Å². The van der Waals surface area contributed by atoms with Gasteiger partial charge in [0.2, 0.25) is 3.79 Å². The van der Waals surface area contributed by atoms with Crippen molar-refractivity contribution in [2.45, 2.75) is 13.3 Å². The Hall–Kier alpha value is -0.390. The van der Waals surface area contributed by atoms with E-state index < -0.39 is 0 Å². The van der Waals surface area contributed by atoms with Gasteiger partial charge in [-0.3, -0.25) is 4.79 Å². The number of rotatable bonds is 3. The van der Waals surface area contributed by atoms with Crippen molar-refractivity contribution in [1.82, 2.24) is 0 Å². The van der Waals surface area contributed by atoms with E-state index in [1.807, 2.05) is 0 Å². The lowest BCUT2D eigenvalue weighted by Gasteiger charge is -1.96. The molecular weight excluding hydrogens is 245 g/mol. The zero-order valence-corrected chi connectivity index (χ0v) is 7.68. The molecule has 10 heavy (non-hydrogen) atoms. The van der Waals surface area contributed by atoms with E-state index in [-0.39, 0.29) is 15.1 Å². The predicted molar refractivity (Wildman–Crippen MR) is 47.8 cm³/mol. The van der Waals surface area contributed by atoms with Gasteiger partial charge >= 0.3 is 0 Å². The van der Waals surface area contributed by atoms with Crippen molar-refractivity contribution in [1.29, 1.82) is 5.41 Å². The summed E-state index contributed by atoms with van der Waals surface area (Å²) in [6.45, 7) is 1.72. The van der Waals surface area contributed by atoms with Crippen molar-refractivity contribution in [3.63, 3.8) is 0 Å². The van der Waals surface area contributed by atoms with Crippen LogP contribution in [0, 0.1) is 5.41 Å². The van der Waals surface area contributed by atoms with Crippen LogP contribution >= 0.6 is 22.6 Å². The summed E-state index contributed by atoms with van der Waals surface area (Å²) in [5.41, 5.74) is 0.0862. The molecule has 56 valence electrons. The van der Waals surface area contributed by atoms with Crippen molar-refractivity contribution in [2.75, 3.05) is 0 Å². The van der Waals surface area contributed by atoms with E-state index in [1.54, 1.807) is 6.92 Å². The molecule has 0 aromatic rings. The minimum Gasteiger partial charge on any atom is -0.511 e. The van der Waals surface area contributed by atoms with Crippen LogP contribution in [-0.4, -0.2) is 15.1 Å². The van der Waals surface area contributed by atoms with Crippen molar-refractivity contribution in [2.24, 2.45) is 0 Å². The molecule has 0 amide bonds. The molecule has 0 aromatic heterocycles. The highest BCUT2D eigenvalue weighted by Crippen LogP contribution is 2.07. The lowest BCUT2D eigenvalue weighted by molar-refractivity contribution is -0.106. The van der Waals surface area contributed by atoms with E-state index in [0.717, 1.165) is 6.21 Å². The molecule has 0 aliphatic heterocycles. The number of carbonyl (C=O) groups excluding carboxylic acids is 1. The van der Waals surface area contributed by atoms with Gasteiger partial charge in [0.15, 0.2) is 0 Å². The van der Waals surface area contributed by atoms with Crippen LogP contribution in [0.25, 0.3) is 0 Å². The Morgan fingerprint density at radius 1 is 1.80 bits per heavy atom. The Balaban J connectivity index is 4.62. The molecule has 0 radical (unpaired) electrons. The monoisotopic (exact) mass is 253 g/mol. The number of nitrogens with one attached hydrogen (secondary N) is 1. The minimum absolute atomic E-state index is 0.0191. The first-order chi connectivity index (χ1) is 4.63. The zero-order valence-electron chi connectivity index (χ0n) is 5.52. The van der Waals surface area contributed by atoms with Crippen LogP contribution in [0.4, 0.5) is 0 Å². The summed E-state index contributed by atoms with van der Waals surface area (Å²) in [4.78, 5) is 10.6. The lowest BCUT2D eigenvalue weighted by atomic mass is 10.2. The summed E-state index contributed by atoms with van der Waals surface area (Å²) in [6, 6.07) is 0. The minimum atomic E-state index is -0.299. The van der Waals surface area contributed by atoms with Gasteiger partial charge in [0.05, 0.1) is 5.57 Å². The van der Waals surface area contributed by atoms with E-state index in [0.29, 0.717) is 6.42 Å². The molecule has 0 atom stereocenters. The van der Waals surface area contributed by atoms with Crippen LogP contribution < -0.4 is 0 Å². The fourth-order valence-electron chi connectivity index (χ4n) is 0.444. The Kier molecular flexibility index (Phi) is 4.26. The second-order valence-electron chi connectivity index (χ2n) is 1.63. The van der Waals surface area contributed by atoms with Crippen LogP contribution in [0.2, 0.25) is 0 Å². The Morgan fingerprint density at radius 2 is 2.30 bits per heavy atom. The highest BCUT2D eigenvalue weighted by atomic mass is 127. The van der Waals surface area contributed by atoms with Gasteiger partial charge in [-0.15, -0.1) is 0 Å². The molecule has 0 rings (SSSR count). The molecule has 0 heterocycles. The first-order valence-corrected chi connectivity index (χ1v) is 3.83. The van der Waals surface area contributed by atoms with Crippen LogP contribution in [0.5, 0.6) is 0 Å². The number of aliphatic hydroxyl groups excluding tert-OH is 1. The van der Waals surface area contributed by atoms with Crippen LogP contribution in [0.1, 0.15) is 13.3 Å². The molecule has 0 spiro atoms. The number of carbonyl (C=O) groups is 1. The fourth-order valence-corrected chi connectivity index (χ4v) is 0.911. The van der Waals surface area contributed by atoms with Gasteiger partial charge < -0.3 is 10.5 Å². The normalized spacial score (nSPS) is 12.2. The smallest absolute Gasteiger partial charge is 0.227 e. The van der Waals surface area contributed by atoms with Gasteiger partial charge in [0.25, 0.3) is 0 Å². The molecule has 0 saturated carbocycles. The first-order valence-electron chi connectivity index (χ1n) is 2.75. The number of allylic oxidation sites excluding steroid dienone is 2. The Bertz CT molecular complexity index is 186. The third-order valence-corrected chi connectivity index (χ3v) is 1.58. The van der Waals surface area contributed by atoms with Gasteiger partial charge in [-0.25, -0.2) is 0 Å². The topological polar surface area (TPSA) is 61.1 Å². The van der Waals surface area contributed by atoms with Crippen molar-refractivity contribution < 1.29 is 9.90 Å². The number of hydrogen-bond donors (Lipinski definition) is 2. The quantitative estimate of drug-likeness (QED) is 0.265. The van der Waals surface area contributed by atoms with Crippen LogP contribution in [0.3, 0.4) is 0 Å². The van der Waals surface area contributed by atoms with Gasteiger partial charge in [-0.2, -0.15) is 0 Å². The largest absolute Gasteiger partial charge is 0.511 e. The molecule has 0 saturated heterocycles. The molecular formula is C6H8INO2. The summed E-state index contributed by atoms with van der Waals surface area (Å²) in [5.74, 6) is -0.0191. The molecule has 0 bridgehead atoms. The zero-order chi connectivity index (χ0) is 8.15. The average Bonchev–Trinajstić information content (AvgIpc) is 1.88. The maximum absolute atomic E-state index is 10.6. The van der Waals surface area contributed by atoms with E-state index in [1.165, 1.54) is 22.6 Å². The Labute approximate surface area is 72.8 Å². The fraction of sp³-hybridized carbons (Fsp3) is 0.333. The lowest BCUT2D eigenvalue weighted by Crippen LogP contribution is -1.98. The highest BCUT2D eigenvalue weighted by Gasteiger charge is 2.06. The second kappa shape index (κ2) is 4.43. The molecule has 0 unspecified atom stereocenters. The van der Waals surface area contributed by atoms with Crippen LogP contribution in [0.15, 0.2) is 11.3 Å². The number of hydrogen-bond acceptors (Lipinski definition) is 3. The third kappa shape index (κ3) is 2.47. The third-order valence-electron chi connectivity index (χ3n) is 1.00. The average molecular weight is 253 g/mol. The molecule has 4 heteroatoms. The van der Waals surface area contributed by atoms with Gasteiger partial charge in [-0.1, -0.05) is 6.92 Å². The highest BCUT2D eigenvalue weighted by molar-refractivity contribution is 14.1. The Morgan fingerprint density at radius 3 is 2.40 bits per heavy atom. The summed E-state index contributed by atoms with van der Waals surface area (Å²) in [7, 11) is 0. The van der Waals surface area contributed by atoms with E-state index in [4.69, 9.17) is 10.5 Å². The van der Waals surface area contributed by atoms with E-state index in [9.17, 15) is 4.79 Å². The summed E-state index contributed by atoms with van der Waals surface area (Å²) in [5, 5.41) is 15.7. The van der Waals surface area contributed by atoms with Crippen molar-refractivity contribution in [3.05, 3.63) is 11.3 Å². The standard InChI is InChI=1S/C6H8INO2/c1-2-5(9)4(3-8)6(7)10/h3,8-9H,2H2,1H3. The SMILES string of the molecule is CCC(O)=C(C=N)C(=O)I. The van der Waals surface area contributed by atoms with Crippen LogP contribution in [-0.2, 0) is 4.79 Å². The molecule has 0 aromatic carbocycles. The van der Waals surface area contributed by atoms with Gasteiger partial charge in [-0.05, 0) is 0 Å². The molecule has 2 N–H and O–H groups in total. The van der Waals surface area contributed by atoms with Crippen molar-refractivity contribution >= 4 is 32.6 Å². The van der Waals surface area contributed by atoms with E-state index >= 15 is 0 Å².